The van der Waals surface area contributed by atoms with Gasteiger partial charge in [0.25, 0.3) is 10.1 Å². The molecule has 2 rings (SSSR count). The van der Waals surface area contributed by atoms with Gasteiger partial charge in [0.15, 0.2) is 0 Å². The van der Waals surface area contributed by atoms with Crippen LogP contribution in [-0.4, -0.2) is 13.0 Å². The van der Waals surface area contributed by atoms with Gasteiger partial charge >= 0.3 is 51.4 Å². The zero-order valence-corrected chi connectivity index (χ0v) is 24.2. The fourth-order valence-corrected chi connectivity index (χ4v) is 4.33. The molecule has 0 fully saturated rings. The molecule has 0 saturated carbocycles. The molecule has 0 atom stereocenters. The summed E-state index contributed by atoms with van der Waals surface area (Å²) in [5.41, 5.74) is 0.735. The Bertz CT molecular complexity index is 897. The first-order chi connectivity index (χ1) is 15.4. The summed E-state index contributed by atoms with van der Waals surface area (Å²) in [7, 11) is -4.27. The van der Waals surface area contributed by atoms with E-state index in [1.54, 1.807) is 18.2 Å². The van der Waals surface area contributed by atoms with E-state index in [-0.39, 0.29) is 62.0 Å². The van der Waals surface area contributed by atoms with Gasteiger partial charge in [-0.1, -0.05) is 89.7 Å². The van der Waals surface area contributed by atoms with Crippen molar-refractivity contribution >= 4 is 10.1 Å². The maximum absolute atomic E-state index is 11.5. The van der Waals surface area contributed by atoms with Crippen LogP contribution in [0.2, 0.25) is 0 Å². The van der Waals surface area contributed by atoms with Crippen LogP contribution in [0.4, 0.5) is 0 Å². The van der Waals surface area contributed by atoms with Crippen molar-refractivity contribution < 1.29 is 74.2 Å². The van der Waals surface area contributed by atoms with Crippen molar-refractivity contribution in [1.82, 2.24) is 0 Å². The first kappa shape index (κ1) is 30.6. The average Bonchev–Trinajstić information content (AvgIpc) is 2.76. The number of rotatable bonds is 16. The van der Waals surface area contributed by atoms with E-state index in [2.05, 4.69) is 6.92 Å². The van der Waals surface area contributed by atoms with Gasteiger partial charge in [0.2, 0.25) is 0 Å². The Kier molecular flexibility index (Phi) is 15.9. The molecule has 0 amide bonds. The number of benzene rings is 2. The molecule has 0 aliphatic carbocycles. The van der Waals surface area contributed by atoms with E-state index in [1.165, 1.54) is 82.1 Å². The molecular formula is C26H37KO5S. The van der Waals surface area contributed by atoms with Crippen LogP contribution >= 0.6 is 0 Å². The molecule has 2 aromatic carbocycles. The zero-order chi connectivity index (χ0) is 23.2. The number of ether oxygens (including phenoxy) is 1. The molecule has 0 aliphatic heterocycles. The summed E-state index contributed by atoms with van der Waals surface area (Å²) in [5, 5.41) is 11.3. The minimum Gasteiger partial charge on any atom is -0.872 e. The van der Waals surface area contributed by atoms with Gasteiger partial charge in [-0.25, -0.2) is 0 Å². The third-order valence-corrected chi connectivity index (χ3v) is 6.53. The predicted octanol–water partition coefficient (Wildman–Crippen LogP) is 4.05. The summed E-state index contributed by atoms with van der Waals surface area (Å²) in [6.07, 6.45) is 15.7. The predicted molar refractivity (Wildman–Crippen MR) is 127 cm³/mol. The number of hydrogen-bond donors (Lipinski definition) is 1. The first-order valence-electron chi connectivity index (χ1n) is 12.0. The fraction of sp³-hybridized carbons (Fsp3) is 0.538. The van der Waals surface area contributed by atoms with Gasteiger partial charge in [0.05, 0.1) is 4.90 Å². The topological polar surface area (TPSA) is 86.7 Å². The molecule has 0 heterocycles. The quantitative estimate of drug-likeness (QED) is 0.213. The molecular weight excluding hydrogens is 463 g/mol. The standard InChI is InChI=1S/C26H38O5S.K/c1-2-3-4-5-6-7-8-9-10-11-12-13-14-22-21-25(32(28,29)30)19-20-26(22)31-24-17-15-23(27)16-18-24;/h15-21,27H,2-14H2,1H3,(H,28,29,30);/q;+1/p-1. The summed E-state index contributed by atoms with van der Waals surface area (Å²) >= 11 is 0. The molecule has 0 saturated heterocycles. The third-order valence-electron chi connectivity index (χ3n) is 5.68. The zero-order valence-electron chi connectivity index (χ0n) is 20.2. The van der Waals surface area contributed by atoms with Crippen LogP contribution in [0.25, 0.3) is 0 Å². The summed E-state index contributed by atoms with van der Waals surface area (Å²) < 4.78 is 38.4. The van der Waals surface area contributed by atoms with E-state index in [0.29, 0.717) is 17.9 Å². The molecule has 0 radical (unpaired) electrons. The van der Waals surface area contributed by atoms with Crippen molar-refractivity contribution in [3.8, 4) is 17.2 Å². The SMILES string of the molecule is CCCCCCCCCCCCCCc1cc(S(=O)(=O)O)ccc1Oc1ccc([O-])cc1.[K+]. The van der Waals surface area contributed by atoms with Gasteiger partial charge in [0, 0.05) is 0 Å². The number of aryl methyl sites for hydroxylation is 1. The van der Waals surface area contributed by atoms with Crippen molar-refractivity contribution in [2.75, 3.05) is 0 Å². The second-order valence-electron chi connectivity index (χ2n) is 8.46. The molecule has 0 bridgehead atoms. The molecule has 0 spiro atoms. The van der Waals surface area contributed by atoms with Crippen LogP contribution in [0.15, 0.2) is 47.4 Å². The maximum Gasteiger partial charge on any atom is 1.00 e. The molecule has 2 aromatic rings. The molecule has 7 heteroatoms. The Morgan fingerprint density at radius 2 is 1.30 bits per heavy atom. The van der Waals surface area contributed by atoms with E-state index in [9.17, 15) is 18.1 Å². The Labute approximate surface area is 242 Å². The van der Waals surface area contributed by atoms with Crippen LogP contribution in [0.1, 0.15) is 89.5 Å². The average molecular weight is 501 g/mol. The van der Waals surface area contributed by atoms with Gasteiger partial charge < -0.3 is 9.84 Å². The van der Waals surface area contributed by atoms with E-state index < -0.39 is 10.1 Å². The van der Waals surface area contributed by atoms with E-state index in [1.807, 2.05) is 0 Å². The fourth-order valence-electron chi connectivity index (χ4n) is 3.80. The second kappa shape index (κ2) is 17.1. The van der Waals surface area contributed by atoms with Crippen molar-refractivity contribution in [2.24, 2.45) is 0 Å². The van der Waals surface area contributed by atoms with Gasteiger partial charge in [-0.2, -0.15) is 8.42 Å². The minimum absolute atomic E-state index is 0. The molecule has 1 N–H and O–H groups in total. The van der Waals surface area contributed by atoms with Crippen LogP contribution < -0.4 is 61.2 Å². The number of unbranched alkanes of at least 4 members (excludes halogenated alkanes) is 11. The smallest absolute Gasteiger partial charge is 0.872 e. The van der Waals surface area contributed by atoms with E-state index in [0.717, 1.165) is 24.8 Å². The maximum atomic E-state index is 11.5. The first-order valence-corrected chi connectivity index (χ1v) is 13.4. The Hall–Kier alpha value is -0.414. The number of hydrogen-bond acceptors (Lipinski definition) is 4. The van der Waals surface area contributed by atoms with Gasteiger partial charge in [0.1, 0.15) is 11.5 Å². The molecule has 0 aliphatic rings. The largest absolute Gasteiger partial charge is 1.00 e. The Morgan fingerprint density at radius 3 is 1.82 bits per heavy atom. The van der Waals surface area contributed by atoms with E-state index in [4.69, 9.17) is 4.74 Å². The summed E-state index contributed by atoms with van der Waals surface area (Å²) in [4.78, 5) is -0.131. The third kappa shape index (κ3) is 12.7. The minimum atomic E-state index is -4.27. The van der Waals surface area contributed by atoms with Crippen molar-refractivity contribution in [1.29, 1.82) is 0 Å². The van der Waals surface area contributed by atoms with Gasteiger partial charge in [-0.05, 0) is 48.7 Å². The normalized spacial score (nSPS) is 11.2. The van der Waals surface area contributed by atoms with Crippen LogP contribution in [0, 0.1) is 0 Å². The molecule has 5 nitrogen and oxygen atoms in total. The summed E-state index contributed by atoms with van der Waals surface area (Å²) in [6, 6.07) is 10.4. The molecule has 0 aromatic heterocycles. The van der Waals surface area contributed by atoms with Crippen LogP contribution in [0.5, 0.6) is 17.2 Å². The van der Waals surface area contributed by atoms with Gasteiger partial charge in [-0.15, -0.1) is 5.75 Å². The monoisotopic (exact) mass is 500 g/mol. The van der Waals surface area contributed by atoms with Crippen molar-refractivity contribution in [2.45, 2.75) is 95.3 Å². The second-order valence-corrected chi connectivity index (χ2v) is 9.88. The molecule has 0 unspecified atom stereocenters. The summed E-state index contributed by atoms with van der Waals surface area (Å²) in [5.74, 6) is 0.954. The molecule has 178 valence electrons. The van der Waals surface area contributed by atoms with Crippen LogP contribution in [-0.2, 0) is 16.5 Å². The summed E-state index contributed by atoms with van der Waals surface area (Å²) in [6.45, 7) is 2.24. The Morgan fingerprint density at radius 1 is 0.788 bits per heavy atom. The van der Waals surface area contributed by atoms with Gasteiger partial charge in [-0.3, -0.25) is 4.55 Å². The molecule has 33 heavy (non-hydrogen) atoms. The van der Waals surface area contributed by atoms with Crippen LogP contribution in [0.3, 0.4) is 0 Å². The van der Waals surface area contributed by atoms with Crippen molar-refractivity contribution in [3.05, 3.63) is 48.0 Å². The van der Waals surface area contributed by atoms with E-state index >= 15 is 0 Å². The Balaban J connectivity index is 0.00000544. The van der Waals surface area contributed by atoms with Crippen molar-refractivity contribution in [3.63, 3.8) is 0 Å².